The maximum atomic E-state index is 13.3. The Balaban J connectivity index is 2.16. The number of hydrogen-bond donors (Lipinski definition) is 2. The van der Waals surface area contributed by atoms with Crippen molar-refractivity contribution in [2.24, 2.45) is 10.9 Å². The van der Waals surface area contributed by atoms with Crippen LogP contribution >= 0.6 is 15.9 Å². The summed E-state index contributed by atoms with van der Waals surface area (Å²) in [5.74, 6) is -1.37. The van der Waals surface area contributed by atoms with E-state index in [1.54, 1.807) is 18.2 Å². The SMILES string of the molecule is Cc1ccc(Cn2c(=O)n(C[C@H](C)C(=O)O)c(=O)[nH]/c2=N\c2ccc(OC(C)C)c(Br)c2)cc1. The molecule has 0 aliphatic heterocycles. The van der Waals surface area contributed by atoms with E-state index in [2.05, 4.69) is 25.9 Å². The van der Waals surface area contributed by atoms with Crippen LogP contribution in [0.5, 0.6) is 5.75 Å². The number of nitrogens with one attached hydrogen (secondary N) is 1. The third kappa shape index (κ3) is 6.13. The molecule has 0 unspecified atom stereocenters. The Morgan fingerprint density at radius 1 is 1.12 bits per heavy atom. The van der Waals surface area contributed by atoms with Crippen molar-refractivity contribution in [2.45, 2.75) is 46.9 Å². The molecule has 0 fully saturated rings. The number of aromatic nitrogens is 3. The standard InChI is InChI=1S/C24H27BrN4O5/c1-14(2)34-20-10-9-18(11-19(20)25)26-22-27-23(32)29(12-16(4)21(30)31)24(33)28(22)13-17-7-5-15(3)6-8-17/h5-11,14,16H,12-13H2,1-4H3,(H,30,31)(H,26,27,32)/t16-/m0/s1. The first-order chi connectivity index (χ1) is 16.0. The molecular formula is C24H27BrN4O5. The smallest absolute Gasteiger partial charge is 0.335 e. The number of benzene rings is 2. The zero-order valence-electron chi connectivity index (χ0n) is 19.4. The topological polar surface area (TPSA) is 119 Å². The molecule has 1 aromatic heterocycles. The minimum atomic E-state index is -1.10. The quantitative estimate of drug-likeness (QED) is 0.463. The predicted octanol–water partition coefficient (Wildman–Crippen LogP) is 3.20. The van der Waals surface area contributed by atoms with E-state index in [9.17, 15) is 19.5 Å². The van der Waals surface area contributed by atoms with Gasteiger partial charge in [0.25, 0.3) is 0 Å². The molecule has 0 radical (unpaired) electrons. The molecule has 1 heterocycles. The van der Waals surface area contributed by atoms with Crippen molar-refractivity contribution in [1.29, 1.82) is 0 Å². The van der Waals surface area contributed by atoms with E-state index in [1.165, 1.54) is 11.5 Å². The average molecular weight is 531 g/mol. The van der Waals surface area contributed by atoms with Crippen LogP contribution in [0.4, 0.5) is 5.69 Å². The Kier molecular flexibility index (Phi) is 7.93. The average Bonchev–Trinajstić information content (AvgIpc) is 2.76. The van der Waals surface area contributed by atoms with Gasteiger partial charge >= 0.3 is 17.3 Å². The lowest BCUT2D eigenvalue weighted by Crippen LogP contribution is -2.51. The minimum absolute atomic E-state index is 0.00658. The van der Waals surface area contributed by atoms with Crippen LogP contribution in [0.1, 0.15) is 31.9 Å². The largest absolute Gasteiger partial charge is 0.490 e. The van der Waals surface area contributed by atoms with Crippen LogP contribution in [0.2, 0.25) is 0 Å². The molecule has 0 aliphatic rings. The van der Waals surface area contributed by atoms with Crippen LogP contribution in [-0.4, -0.2) is 31.3 Å². The Bertz CT molecular complexity index is 1370. The molecule has 0 bridgehead atoms. The van der Waals surface area contributed by atoms with Crippen molar-refractivity contribution >= 4 is 27.6 Å². The van der Waals surface area contributed by atoms with Crippen molar-refractivity contribution in [3.63, 3.8) is 0 Å². The molecule has 10 heteroatoms. The summed E-state index contributed by atoms with van der Waals surface area (Å²) in [4.78, 5) is 44.5. The monoisotopic (exact) mass is 530 g/mol. The number of carboxylic acids is 1. The number of carboxylic acid groups (broad SMARTS) is 1. The van der Waals surface area contributed by atoms with Crippen molar-refractivity contribution in [2.75, 3.05) is 0 Å². The van der Waals surface area contributed by atoms with E-state index in [0.29, 0.717) is 15.9 Å². The third-order valence-electron chi connectivity index (χ3n) is 5.03. The van der Waals surface area contributed by atoms with Crippen molar-refractivity contribution in [3.05, 3.63) is 84.7 Å². The molecule has 0 amide bonds. The minimum Gasteiger partial charge on any atom is -0.490 e. The first kappa shape index (κ1) is 25.2. The summed E-state index contributed by atoms with van der Waals surface area (Å²) >= 11 is 3.46. The highest BCUT2D eigenvalue weighted by atomic mass is 79.9. The van der Waals surface area contributed by atoms with E-state index in [0.717, 1.165) is 15.7 Å². The number of aromatic amines is 1. The van der Waals surface area contributed by atoms with Crippen molar-refractivity contribution < 1.29 is 14.6 Å². The number of hydrogen-bond acceptors (Lipinski definition) is 5. The lowest BCUT2D eigenvalue weighted by Gasteiger charge is -2.13. The second-order valence-electron chi connectivity index (χ2n) is 8.35. The zero-order chi connectivity index (χ0) is 25.0. The molecule has 1 atom stereocenters. The van der Waals surface area contributed by atoms with E-state index in [4.69, 9.17) is 4.74 Å². The van der Waals surface area contributed by atoms with Crippen molar-refractivity contribution in [3.8, 4) is 5.75 Å². The summed E-state index contributed by atoms with van der Waals surface area (Å²) in [5, 5.41) is 9.24. The number of H-pyrrole nitrogens is 1. The Hall–Kier alpha value is -3.40. The second kappa shape index (κ2) is 10.7. The van der Waals surface area contributed by atoms with E-state index >= 15 is 0 Å². The summed E-state index contributed by atoms with van der Waals surface area (Å²) in [6.45, 7) is 7.13. The van der Waals surface area contributed by atoms with E-state index < -0.39 is 23.3 Å². The van der Waals surface area contributed by atoms with Gasteiger partial charge in [-0.3, -0.25) is 14.3 Å². The highest BCUT2D eigenvalue weighted by Crippen LogP contribution is 2.29. The highest BCUT2D eigenvalue weighted by Gasteiger charge is 2.17. The zero-order valence-corrected chi connectivity index (χ0v) is 21.0. The fraction of sp³-hybridized carbons (Fsp3) is 0.333. The molecule has 0 saturated carbocycles. The third-order valence-corrected chi connectivity index (χ3v) is 5.65. The molecule has 0 spiro atoms. The summed E-state index contributed by atoms with van der Waals surface area (Å²) < 4.78 is 8.62. The Morgan fingerprint density at radius 3 is 2.38 bits per heavy atom. The fourth-order valence-electron chi connectivity index (χ4n) is 3.20. The molecule has 0 saturated heterocycles. The fourth-order valence-corrected chi connectivity index (χ4v) is 3.66. The van der Waals surface area contributed by atoms with Crippen LogP contribution < -0.4 is 21.7 Å². The molecule has 3 rings (SSSR count). The van der Waals surface area contributed by atoms with Gasteiger partial charge in [-0.25, -0.2) is 19.1 Å². The molecule has 180 valence electrons. The van der Waals surface area contributed by atoms with Crippen LogP contribution in [0.15, 0.2) is 61.5 Å². The maximum Gasteiger partial charge on any atom is 0.335 e. The summed E-state index contributed by atoms with van der Waals surface area (Å²) in [6, 6.07) is 12.8. The van der Waals surface area contributed by atoms with E-state index in [-0.39, 0.29) is 24.8 Å². The maximum absolute atomic E-state index is 13.3. The first-order valence-electron chi connectivity index (χ1n) is 10.8. The molecule has 2 aromatic carbocycles. The molecule has 9 nitrogen and oxygen atoms in total. The van der Waals surface area contributed by atoms with Gasteiger partial charge in [0.05, 0.1) is 28.7 Å². The summed E-state index contributed by atoms with van der Waals surface area (Å²) in [7, 11) is 0. The van der Waals surface area contributed by atoms with E-state index in [1.807, 2.05) is 45.0 Å². The lowest BCUT2D eigenvalue weighted by atomic mass is 10.1. The van der Waals surface area contributed by atoms with Gasteiger partial charge in [-0.1, -0.05) is 36.8 Å². The number of aryl methyl sites for hydroxylation is 1. The van der Waals surface area contributed by atoms with Gasteiger partial charge in [-0.15, -0.1) is 0 Å². The Labute approximate surface area is 204 Å². The van der Waals surface area contributed by atoms with Crippen LogP contribution in [0.25, 0.3) is 0 Å². The molecular weight excluding hydrogens is 504 g/mol. The van der Waals surface area contributed by atoms with Gasteiger partial charge in [0.1, 0.15) is 5.75 Å². The molecule has 2 N–H and O–H groups in total. The number of aliphatic carboxylic acids is 1. The summed E-state index contributed by atoms with van der Waals surface area (Å²) in [6.07, 6.45) is -0.00658. The number of rotatable bonds is 8. The van der Waals surface area contributed by atoms with Crippen LogP contribution in [0, 0.1) is 12.8 Å². The lowest BCUT2D eigenvalue weighted by molar-refractivity contribution is -0.141. The predicted molar refractivity (Wildman–Crippen MR) is 132 cm³/mol. The molecule has 0 aliphatic carbocycles. The first-order valence-corrected chi connectivity index (χ1v) is 11.6. The number of carbonyl (C=O) groups is 1. The molecule has 3 aromatic rings. The van der Waals surface area contributed by atoms with Crippen LogP contribution in [0.3, 0.4) is 0 Å². The number of ether oxygens (including phenoxy) is 1. The van der Waals surface area contributed by atoms with Crippen molar-refractivity contribution in [1.82, 2.24) is 14.1 Å². The van der Waals surface area contributed by atoms with Gasteiger partial charge in [0, 0.05) is 6.54 Å². The normalized spacial score (nSPS) is 12.7. The number of halogens is 1. The molecule has 34 heavy (non-hydrogen) atoms. The number of nitrogens with zero attached hydrogens (tertiary/aromatic N) is 3. The van der Waals surface area contributed by atoms with Gasteiger partial charge in [0.2, 0.25) is 5.62 Å². The van der Waals surface area contributed by atoms with Gasteiger partial charge in [0.15, 0.2) is 0 Å². The highest BCUT2D eigenvalue weighted by molar-refractivity contribution is 9.10. The van der Waals surface area contributed by atoms with Crippen LogP contribution in [-0.2, 0) is 17.9 Å². The van der Waals surface area contributed by atoms with Gasteiger partial charge < -0.3 is 9.84 Å². The summed E-state index contributed by atoms with van der Waals surface area (Å²) in [5.41, 5.74) is 1.08. The van der Waals surface area contributed by atoms with Gasteiger partial charge in [-0.2, -0.15) is 0 Å². The Morgan fingerprint density at radius 2 is 1.79 bits per heavy atom. The van der Waals surface area contributed by atoms with Gasteiger partial charge in [-0.05, 0) is 60.5 Å². The second-order valence-corrected chi connectivity index (χ2v) is 9.21.